The second-order valence-corrected chi connectivity index (χ2v) is 7.85. The largest absolute Gasteiger partial charge is 0.492 e. The monoisotopic (exact) mass is 376 g/mol. The molecular formula is C19H24N2O4S. The number of carbonyl (C=O) groups excluding carboxylic acids is 1. The first-order valence-electron chi connectivity index (χ1n) is 8.46. The molecule has 0 aliphatic heterocycles. The Balaban J connectivity index is 2.24. The van der Waals surface area contributed by atoms with Crippen LogP contribution in [0.5, 0.6) is 5.75 Å². The molecule has 0 aliphatic carbocycles. The molecule has 140 valence electrons. The molecule has 1 amide bonds. The van der Waals surface area contributed by atoms with Crippen LogP contribution in [-0.4, -0.2) is 27.5 Å². The third kappa shape index (κ3) is 5.23. The zero-order chi connectivity index (χ0) is 19.2. The van der Waals surface area contributed by atoms with Crippen molar-refractivity contribution in [1.29, 1.82) is 0 Å². The lowest BCUT2D eigenvalue weighted by Crippen LogP contribution is -2.27. The number of anilines is 1. The zero-order valence-electron chi connectivity index (χ0n) is 15.2. The molecule has 0 saturated carbocycles. The highest BCUT2D eigenvalue weighted by Crippen LogP contribution is 2.26. The lowest BCUT2D eigenvalue weighted by atomic mass is 10.2. The molecule has 26 heavy (non-hydrogen) atoms. The molecule has 0 fully saturated rings. The molecule has 7 heteroatoms. The molecule has 0 saturated heterocycles. The van der Waals surface area contributed by atoms with Crippen molar-refractivity contribution in [3.8, 4) is 5.75 Å². The maximum absolute atomic E-state index is 12.7. The topological polar surface area (TPSA) is 84.5 Å². The molecule has 2 aromatic carbocycles. The molecule has 0 unspecified atom stereocenters. The van der Waals surface area contributed by atoms with Crippen molar-refractivity contribution < 1.29 is 17.9 Å². The molecule has 0 aliphatic rings. The van der Waals surface area contributed by atoms with Gasteiger partial charge in [0.05, 0.1) is 17.2 Å². The van der Waals surface area contributed by atoms with E-state index in [1.807, 2.05) is 20.8 Å². The van der Waals surface area contributed by atoms with Gasteiger partial charge in [0, 0.05) is 12.1 Å². The SMILES string of the molecule is CCOc1ccccc1NS(=O)(=O)c1cccc(C(=O)NCC(C)C)c1. The van der Waals surface area contributed by atoms with E-state index >= 15 is 0 Å². The summed E-state index contributed by atoms with van der Waals surface area (Å²) < 4.78 is 33.4. The van der Waals surface area contributed by atoms with E-state index in [2.05, 4.69) is 10.0 Å². The van der Waals surface area contributed by atoms with Crippen LogP contribution in [0.15, 0.2) is 53.4 Å². The summed E-state index contributed by atoms with van der Waals surface area (Å²) in [5.74, 6) is 0.456. The van der Waals surface area contributed by atoms with E-state index in [4.69, 9.17) is 4.74 Å². The highest BCUT2D eigenvalue weighted by atomic mass is 32.2. The van der Waals surface area contributed by atoms with Gasteiger partial charge in [-0.2, -0.15) is 0 Å². The smallest absolute Gasteiger partial charge is 0.262 e. The Bertz CT molecular complexity index is 863. The molecule has 2 rings (SSSR count). The first-order chi connectivity index (χ1) is 12.3. The van der Waals surface area contributed by atoms with Gasteiger partial charge in [-0.05, 0) is 43.2 Å². The average molecular weight is 376 g/mol. The van der Waals surface area contributed by atoms with E-state index in [0.717, 1.165) is 0 Å². The van der Waals surface area contributed by atoms with Gasteiger partial charge in [0.2, 0.25) is 0 Å². The van der Waals surface area contributed by atoms with Crippen LogP contribution in [0.25, 0.3) is 0 Å². The average Bonchev–Trinajstić information content (AvgIpc) is 2.61. The van der Waals surface area contributed by atoms with Crippen LogP contribution in [-0.2, 0) is 10.0 Å². The molecule has 0 atom stereocenters. The molecule has 6 nitrogen and oxygen atoms in total. The van der Waals surface area contributed by atoms with Gasteiger partial charge in [0.1, 0.15) is 5.75 Å². The van der Waals surface area contributed by atoms with E-state index in [9.17, 15) is 13.2 Å². The molecule has 0 aromatic heterocycles. The van der Waals surface area contributed by atoms with Gasteiger partial charge < -0.3 is 10.1 Å². The molecule has 2 N–H and O–H groups in total. The fraction of sp³-hybridized carbons (Fsp3) is 0.316. The van der Waals surface area contributed by atoms with Crippen molar-refractivity contribution in [2.75, 3.05) is 17.9 Å². The molecular weight excluding hydrogens is 352 g/mol. The summed E-state index contributed by atoms with van der Waals surface area (Å²) in [7, 11) is -3.85. The molecule has 0 bridgehead atoms. The normalized spacial score (nSPS) is 11.2. The van der Waals surface area contributed by atoms with E-state index in [1.165, 1.54) is 12.1 Å². The maximum Gasteiger partial charge on any atom is 0.262 e. The number of rotatable bonds is 8. The van der Waals surface area contributed by atoms with Gasteiger partial charge in [0.25, 0.3) is 15.9 Å². The maximum atomic E-state index is 12.7. The Morgan fingerprint density at radius 2 is 1.85 bits per heavy atom. The molecule has 0 heterocycles. The number of sulfonamides is 1. The Morgan fingerprint density at radius 3 is 2.54 bits per heavy atom. The van der Waals surface area contributed by atoms with Crippen molar-refractivity contribution in [3.05, 3.63) is 54.1 Å². The van der Waals surface area contributed by atoms with E-state index in [-0.39, 0.29) is 10.8 Å². The fourth-order valence-electron chi connectivity index (χ4n) is 2.24. The highest BCUT2D eigenvalue weighted by molar-refractivity contribution is 7.92. The number of ether oxygens (including phenoxy) is 1. The molecule has 0 spiro atoms. The van der Waals surface area contributed by atoms with Gasteiger partial charge in [-0.25, -0.2) is 8.42 Å². The predicted molar refractivity (Wildman–Crippen MR) is 102 cm³/mol. The van der Waals surface area contributed by atoms with Crippen LogP contribution in [0.2, 0.25) is 0 Å². The fourth-order valence-corrected chi connectivity index (χ4v) is 3.36. The summed E-state index contributed by atoms with van der Waals surface area (Å²) in [4.78, 5) is 12.2. The van der Waals surface area contributed by atoms with Gasteiger partial charge in [-0.15, -0.1) is 0 Å². The van der Waals surface area contributed by atoms with Crippen molar-refractivity contribution in [2.45, 2.75) is 25.7 Å². The predicted octanol–water partition coefficient (Wildman–Crippen LogP) is 3.27. The molecule has 0 radical (unpaired) electrons. The van der Waals surface area contributed by atoms with Crippen LogP contribution in [0.1, 0.15) is 31.1 Å². The number of para-hydroxylation sites is 2. The summed E-state index contributed by atoms with van der Waals surface area (Å²) in [6, 6.07) is 12.7. The number of benzene rings is 2. The van der Waals surface area contributed by atoms with Crippen LogP contribution in [0.3, 0.4) is 0 Å². The summed E-state index contributed by atoms with van der Waals surface area (Å²) in [6.45, 7) is 6.74. The summed E-state index contributed by atoms with van der Waals surface area (Å²) in [5, 5.41) is 2.78. The van der Waals surface area contributed by atoms with Crippen LogP contribution >= 0.6 is 0 Å². The van der Waals surface area contributed by atoms with Crippen LogP contribution in [0.4, 0.5) is 5.69 Å². The standard InChI is InChI=1S/C19H24N2O4S/c1-4-25-18-11-6-5-10-17(18)21-26(23,24)16-9-7-8-15(12-16)19(22)20-13-14(2)3/h5-12,14,21H,4,13H2,1-3H3,(H,20,22). The van der Waals surface area contributed by atoms with Crippen molar-refractivity contribution in [1.82, 2.24) is 5.32 Å². The van der Waals surface area contributed by atoms with Crippen LogP contribution in [0, 0.1) is 5.92 Å². The third-order valence-corrected chi connectivity index (χ3v) is 4.87. The number of hydrogen-bond acceptors (Lipinski definition) is 4. The number of hydrogen-bond donors (Lipinski definition) is 2. The van der Waals surface area contributed by atoms with Crippen molar-refractivity contribution in [3.63, 3.8) is 0 Å². The second-order valence-electron chi connectivity index (χ2n) is 6.17. The Hall–Kier alpha value is -2.54. The first-order valence-corrected chi connectivity index (χ1v) is 9.94. The minimum Gasteiger partial charge on any atom is -0.492 e. The van der Waals surface area contributed by atoms with E-state index in [1.54, 1.807) is 36.4 Å². The van der Waals surface area contributed by atoms with Gasteiger partial charge in [-0.1, -0.05) is 32.0 Å². The Labute approximate surface area is 154 Å². The van der Waals surface area contributed by atoms with Gasteiger partial charge in [0.15, 0.2) is 0 Å². The zero-order valence-corrected chi connectivity index (χ0v) is 16.0. The summed E-state index contributed by atoms with van der Waals surface area (Å²) >= 11 is 0. The molecule has 2 aromatic rings. The lowest BCUT2D eigenvalue weighted by molar-refractivity contribution is 0.0949. The van der Waals surface area contributed by atoms with Crippen LogP contribution < -0.4 is 14.8 Å². The van der Waals surface area contributed by atoms with E-state index in [0.29, 0.717) is 36.1 Å². The first kappa shape index (κ1) is 19.8. The number of carbonyl (C=O) groups is 1. The minimum atomic E-state index is -3.85. The summed E-state index contributed by atoms with van der Waals surface area (Å²) in [6.07, 6.45) is 0. The Morgan fingerprint density at radius 1 is 1.12 bits per heavy atom. The van der Waals surface area contributed by atoms with Crippen molar-refractivity contribution >= 4 is 21.6 Å². The highest BCUT2D eigenvalue weighted by Gasteiger charge is 2.18. The van der Waals surface area contributed by atoms with Crippen molar-refractivity contribution in [2.24, 2.45) is 5.92 Å². The number of amides is 1. The minimum absolute atomic E-state index is 0.0148. The third-order valence-electron chi connectivity index (χ3n) is 3.51. The quantitative estimate of drug-likeness (QED) is 0.740. The van der Waals surface area contributed by atoms with E-state index < -0.39 is 10.0 Å². The van der Waals surface area contributed by atoms with Gasteiger partial charge in [-0.3, -0.25) is 9.52 Å². The van der Waals surface area contributed by atoms with Gasteiger partial charge >= 0.3 is 0 Å². The second kappa shape index (κ2) is 8.71. The lowest BCUT2D eigenvalue weighted by Gasteiger charge is -2.13. The number of nitrogens with one attached hydrogen (secondary N) is 2. The summed E-state index contributed by atoms with van der Waals surface area (Å²) in [5.41, 5.74) is 0.649. The Kier molecular flexibility index (Phi) is 6.63.